The normalized spacial score (nSPS) is 53.2. The molecule has 0 radical (unpaired) electrons. The first-order chi connectivity index (χ1) is 30.5. The quantitative estimate of drug-likeness (QED) is 0.155. The van der Waals surface area contributed by atoms with Gasteiger partial charge in [0.2, 0.25) is 0 Å². The number of carboxylic acid groups (broad SMARTS) is 2. The van der Waals surface area contributed by atoms with Gasteiger partial charge in [0, 0.05) is 5.41 Å². The number of carbonyl (C=O) groups is 2. The fourth-order valence-corrected chi connectivity index (χ4v) is 14.4. The van der Waals surface area contributed by atoms with Gasteiger partial charge < -0.3 is 79.5 Å². The third-order valence-electron chi connectivity index (χ3n) is 18.7. The molecule has 0 amide bonds. The summed E-state index contributed by atoms with van der Waals surface area (Å²) >= 11 is 0. The van der Waals surface area contributed by atoms with Crippen molar-refractivity contribution in [2.24, 2.45) is 44.3 Å². The van der Waals surface area contributed by atoms with E-state index in [4.69, 9.17) is 28.4 Å². The molecule has 10 N–H and O–H groups in total. The van der Waals surface area contributed by atoms with Gasteiger partial charge in [0.25, 0.3) is 0 Å². The molecule has 5 aliphatic carbocycles. The van der Waals surface area contributed by atoms with Gasteiger partial charge in [-0.25, -0.2) is 9.59 Å². The van der Waals surface area contributed by atoms with Crippen LogP contribution < -0.4 is 0 Å². The topological polar surface area (TPSA) is 292 Å². The average Bonchev–Trinajstić information content (AvgIpc) is 3.22. The van der Waals surface area contributed by atoms with E-state index in [2.05, 4.69) is 67.5 Å². The second-order valence-electron chi connectivity index (χ2n) is 23.4. The third kappa shape index (κ3) is 7.67. The molecule has 3 saturated heterocycles. The Hall–Kier alpha value is -2.14. The number of fused-ring (bicyclic) bond motifs is 6. The zero-order chi connectivity index (χ0) is 48.6. The van der Waals surface area contributed by atoms with Crippen LogP contribution in [0.25, 0.3) is 0 Å². The van der Waals surface area contributed by atoms with Crippen LogP contribution in [0.1, 0.15) is 114 Å². The Morgan fingerprint density at radius 1 is 0.636 bits per heavy atom. The molecule has 66 heavy (non-hydrogen) atoms. The zero-order valence-corrected chi connectivity index (χ0v) is 39.5. The Bertz CT molecular complexity index is 1940. The molecular weight excluding hydrogens is 865 g/mol. The van der Waals surface area contributed by atoms with Crippen LogP contribution in [0.4, 0.5) is 0 Å². The molecule has 8 aliphatic rings. The maximum absolute atomic E-state index is 12.5. The van der Waals surface area contributed by atoms with Crippen LogP contribution in [-0.4, -0.2) is 167 Å². The van der Waals surface area contributed by atoms with E-state index in [1.54, 1.807) is 0 Å². The molecule has 0 bridgehead atoms. The van der Waals surface area contributed by atoms with Crippen molar-refractivity contribution in [3.8, 4) is 0 Å². The lowest BCUT2D eigenvalue weighted by molar-refractivity contribution is -0.392. The highest BCUT2D eigenvalue weighted by molar-refractivity contribution is 5.74. The Kier molecular flexibility index (Phi) is 13.0. The van der Waals surface area contributed by atoms with Gasteiger partial charge in [-0.1, -0.05) is 73.1 Å². The van der Waals surface area contributed by atoms with Crippen molar-refractivity contribution in [2.45, 2.75) is 218 Å². The minimum atomic E-state index is -2.13. The summed E-state index contributed by atoms with van der Waals surface area (Å²) in [4.78, 5) is 24.7. The first kappa shape index (κ1) is 50.3. The summed E-state index contributed by atoms with van der Waals surface area (Å²) in [5.74, 6) is -3.05. The summed E-state index contributed by atoms with van der Waals surface area (Å²) in [6.45, 7) is 19.6. The number of hydrogen-bond acceptors (Lipinski definition) is 16. The molecule has 8 rings (SSSR count). The fourth-order valence-electron chi connectivity index (χ4n) is 14.4. The third-order valence-corrected chi connectivity index (χ3v) is 18.7. The maximum Gasteiger partial charge on any atom is 0.335 e. The lowest BCUT2D eigenvalue weighted by atomic mass is 9.35. The molecule has 374 valence electrons. The fraction of sp³-hybridized carbons (Fsp3) is 0.875. The maximum atomic E-state index is 12.5. The van der Waals surface area contributed by atoms with Gasteiger partial charge in [0.1, 0.15) is 54.9 Å². The Balaban J connectivity index is 1.08. The highest BCUT2D eigenvalue weighted by Crippen LogP contribution is 2.74. The molecule has 0 unspecified atom stereocenters. The number of aliphatic hydroxyl groups excluding tert-OH is 8. The van der Waals surface area contributed by atoms with Gasteiger partial charge in [-0.15, -0.1) is 0 Å². The number of aliphatic hydroxyl groups is 8. The van der Waals surface area contributed by atoms with E-state index in [0.717, 1.165) is 38.5 Å². The van der Waals surface area contributed by atoms with Gasteiger partial charge in [-0.05, 0) is 103 Å². The SMILES string of the molecule is C[C@@H]1O[C@@H](O[C@H]2[C@H](O[C@H]3[C@H](O[C@H]4CC[C@]5(C)[C@H]6C=CC7=C8CC(C)(C)C[C@@H](O)[C@]8(C)CC[C@@]7(C)[C@]6(C)CC[C@H]5C4(C)C)O[C@H](C(=O)O)[C@@H](O)[C@@H]3O)O[C@H](C(=O)O)[C@@H](O)[C@@H]2O)[C@H](O)[C@H](O)[C@H]1O. The van der Waals surface area contributed by atoms with Crippen molar-refractivity contribution >= 4 is 11.9 Å². The monoisotopic (exact) mass is 938 g/mol. The number of rotatable bonds is 8. The largest absolute Gasteiger partial charge is 0.479 e. The number of carboxylic acids is 2. The van der Waals surface area contributed by atoms with Crippen LogP contribution in [-0.2, 0) is 38.0 Å². The van der Waals surface area contributed by atoms with Crippen molar-refractivity contribution in [3.05, 3.63) is 23.3 Å². The van der Waals surface area contributed by atoms with E-state index in [1.807, 2.05) is 0 Å². The number of aliphatic carboxylic acids is 2. The number of hydrogen-bond donors (Lipinski definition) is 10. The Morgan fingerprint density at radius 2 is 1.20 bits per heavy atom. The summed E-state index contributed by atoms with van der Waals surface area (Å²) in [7, 11) is 0. The van der Waals surface area contributed by atoms with Crippen molar-refractivity contribution in [1.82, 2.24) is 0 Å². The van der Waals surface area contributed by atoms with Gasteiger partial charge in [0.05, 0.1) is 18.3 Å². The smallest absolute Gasteiger partial charge is 0.335 e. The molecule has 6 fully saturated rings. The van der Waals surface area contributed by atoms with Crippen molar-refractivity contribution in [2.75, 3.05) is 0 Å². The molecule has 18 nitrogen and oxygen atoms in total. The van der Waals surface area contributed by atoms with Gasteiger partial charge in [-0.3, -0.25) is 0 Å². The summed E-state index contributed by atoms with van der Waals surface area (Å²) in [6.07, 6.45) is -17.8. The van der Waals surface area contributed by atoms with Crippen LogP contribution in [0.15, 0.2) is 23.3 Å². The zero-order valence-electron chi connectivity index (χ0n) is 39.5. The second-order valence-corrected chi connectivity index (χ2v) is 23.4. The molecule has 0 aromatic carbocycles. The molecule has 0 aromatic heterocycles. The standard InChI is InChI=1S/C48H74O18/c1-20-27(50)28(51)33(56)40(61-20)65-37-32(55)30(53)35(39(59)60)64-42(37)66-36-31(54)29(52)34(38(57)58)63-41(36)62-26-13-14-46(7)23(44(26,4)5)12-15-48(9)24(46)11-10-21-22-18-43(2,3)19-25(49)45(22,6)16-17-47(21,48)8/h10-11,20,23-37,40-42,49-56H,12-19H2,1-9H3,(H,57,58)(H,59,60)/t20-,23-,24+,25+,26-,27-,28+,29-,30-,31-,32-,33+,34-,35-,36+,37+,40-,41+,42-,45+,46-,47+,48+/m0/s1. The highest BCUT2D eigenvalue weighted by Gasteiger charge is 2.68. The van der Waals surface area contributed by atoms with Crippen molar-refractivity contribution < 1.29 is 89.1 Å². The molecule has 0 aromatic rings. The molecule has 23 atom stereocenters. The van der Waals surface area contributed by atoms with Crippen LogP contribution in [0.2, 0.25) is 0 Å². The van der Waals surface area contributed by atoms with E-state index in [9.17, 15) is 60.7 Å². The van der Waals surface area contributed by atoms with Gasteiger partial charge >= 0.3 is 11.9 Å². The highest BCUT2D eigenvalue weighted by atomic mass is 16.8. The van der Waals surface area contributed by atoms with Crippen LogP contribution in [0.5, 0.6) is 0 Å². The summed E-state index contributed by atoms with van der Waals surface area (Å²) in [6, 6.07) is 0. The Morgan fingerprint density at radius 3 is 1.77 bits per heavy atom. The lowest BCUT2D eigenvalue weighted by Crippen LogP contribution is -2.68. The van der Waals surface area contributed by atoms with E-state index < -0.39 is 122 Å². The van der Waals surface area contributed by atoms with Crippen molar-refractivity contribution in [1.29, 1.82) is 0 Å². The van der Waals surface area contributed by atoms with E-state index in [0.29, 0.717) is 12.8 Å². The first-order valence-electron chi connectivity index (χ1n) is 23.8. The minimum absolute atomic E-state index is 0.0204. The van der Waals surface area contributed by atoms with Crippen LogP contribution in [0.3, 0.4) is 0 Å². The number of ether oxygens (including phenoxy) is 6. The molecule has 0 spiro atoms. The van der Waals surface area contributed by atoms with Crippen LogP contribution >= 0.6 is 0 Å². The van der Waals surface area contributed by atoms with Crippen molar-refractivity contribution in [3.63, 3.8) is 0 Å². The van der Waals surface area contributed by atoms with Crippen LogP contribution in [0, 0.1) is 44.3 Å². The van der Waals surface area contributed by atoms with E-state index in [-0.39, 0.29) is 38.9 Å². The summed E-state index contributed by atoms with van der Waals surface area (Å²) < 4.78 is 35.8. The van der Waals surface area contributed by atoms with Gasteiger partial charge in [0.15, 0.2) is 31.1 Å². The second kappa shape index (κ2) is 17.0. The molecule has 18 heteroatoms. The van der Waals surface area contributed by atoms with E-state index in [1.165, 1.54) is 18.1 Å². The predicted molar refractivity (Wildman–Crippen MR) is 230 cm³/mol. The molecular formula is C48H74O18. The van der Waals surface area contributed by atoms with Gasteiger partial charge in [-0.2, -0.15) is 0 Å². The molecule has 3 saturated carbocycles. The molecule has 3 heterocycles. The Labute approximate surface area is 385 Å². The first-order valence-corrected chi connectivity index (χ1v) is 23.8. The lowest BCUT2D eigenvalue weighted by Gasteiger charge is -2.70. The predicted octanol–water partition coefficient (Wildman–Crippen LogP) is 1.74. The number of allylic oxidation sites excluding steroid dienone is 3. The minimum Gasteiger partial charge on any atom is -0.479 e. The average molecular weight is 939 g/mol. The van der Waals surface area contributed by atoms with E-state index >= 15 is 0 Å². The molecule has 3 aliphatic heterocycles. The summed E-state index contributed by atoms with van der Waals surface area (Å²) in [5.41, 5.74) is 1.44. The summed E-state index contributed by atoms with van der Waals surface area (Å²) in [5, 5.41) is 108.